The molecule has 4 rings (SSSR count). The largest absolute Gasteiger partial charge is 0.355 e. The molecule has 140 valence electrons. The van der Waals surface area contributed by atoms with Crippen molar-refractivity contribution in [3.8, 4) is 0 Å². The molecule has 0 bridgehead atoms. The van der Waals surface area contributed by atoms with Gasteiger partial charge in [-0.1, -0.05) is 24.3 Å². The van der Waals surface area contributed by atoms with Crippen molar-refractivity contribution < 1.29 is 4.79 Å². The van der Waals surface area contributed by atoms with Gasteiger partial charge in [0.05, 0.1) is 21.1 Å². The van der Waals surface area contributed by atoms with E-state index in [0.29, 0.717) is 0 Å². The van der Waals surface area contributed by atoms with Crippen LogP contribution in [0.4, 0.5) is 0 Å². The summed E-state index contributed by atoms with van der Waals surface area (Å²) in [7, 11) is 0. The van der Waals surface area contributed by atoms with E-state index in [1.165, 1.54) is 10.3 Å². The van der Waals surface area contributed by atoms with E-state index in [-0.39, 0.29) is 17.7 Å². The number of carbonyl (C=O) groups excluding carboxylic acids is 1. The first-order valence-electron chi connectivity index (χ1n) is 9.18. The third-order valence-electron chi connectivity index (χ3n) is 4.79. The summed E-state index contributed by atoms with van der Waals surface area (Å²) in [5.41, 5.74) is 2.40. The summed E-state index contributed by atoms with van der Waals surface area (Å²) in [4.78, 5) is 17.6. The summed E-state index contributed by atoms with van der Waals surface area (Å²) in [5.74, 6) is 2.29. The minimum Gasteiger partial charge on any atom is -0.355 e. The number of para-hydroxylation sites is 1. The lowest BCUT2D eigenvalue weighted by Gasteiger charge is -2.26. The lowest BCUT2D eigenvalue weighted by Crippen LogP contribution is -2.36. The Morgan fingerprint density at radius 1 is 1.22 bits per heavy atom. The highest BCUT2D eigenvalue weighted by Crippen LogP contribution is 2.38. The lowest BCUT2D eigenvalue weighted by atomic mass is 9.82. The van der Waals surface area contributed by atoms with E-state index in [1.54, 1.807) is 22.7 Å². The van der Waals surface area contributed by atoms with Gasteiger partial charge in [-0.2, -0.15) is 23.1 Å². The second kappa shape index (κ2) is 9.04. The number of nitrogens with zero attached hydrogens (tertiary/aromatic N) is 1. The highest BCUT2D eigenvalue weighted by Gasteiger charge is 2.32. The third kappa shape index (κ3) is 4.62. The zero-order valence-electron chi connectivity index (χ0n) is 15.0. The number of carbonyl (C=O) groups is 1. The number of fused-ring (bicyclic) bond motifs is 1. The predicted octanol–water partition coefficient (Wildman–Crippen LogP) is 5.46. The van der Waals surface area contributed by atoms with Crippen LogP contribution in [0, 0.1) is 5.92 Å². The molecule has 1 aliphatic rings. The van der Waals surface area contributed by atoms with Crippen LogP contribution in [-0.2, 0) is 10.5 Å². The lowest BCUT2D eigenvalue weighted by molar-refractivity contribution is -0.125. The monoisotopic (exact) mass is 414 g/mol. The molecule has 1 aliphatic carbocycles. The van der Waals surface area contributed by atoms with Gasteiger partial charge >= 0.3 is 0 Å². The molecule has 0 aliphatic heterocycles. The zero-order chi connectivity index (χ0) is 18.5. The van der Waals surface area contributed by atoms with Crippen LogP contribution < -0.4 is 5.32 Å². The molecule has 1 aromatic carbocycles. The van der Waals surface area contributed by atoms with Crippen LogP contribution >= 0.6 is 34.4 Å². The molecule has 0 radical (unpaired) electrons. The topological polar surface area (TPSA) is 42.0 Å². The number of benzene rings is 1. The normalized spacial score (nSPS) is 19.4. The Morgan fingerprint density at radius 2 is 2.11 bits per heavy atom. The molecule has 3 aromatic rings. The average Bonchev–Trinajstić information content (AvgIpc) is 3.37. The molecule has 0 saturated heterocycles. The van der Waals surface area contributed by atoms with E-state index in [2.05, 4.69) is 40.4 Å². The molecule has 1 amide bonds. The van der Waals surface area contributed by atoms with E-state index in [4.69, 9.17) is 4.98 Å². The van der Waals surface area contributed by atoms with Crippen molar-refractivity contribution in [1.82, 2.24) is 10.3 Å². The van der Waals surface area contributed by atoms with Gasteiger partial charge in [0.1, 0.15) is 0 Å². The number of thiazole rings is 1. The van der Waals surface area contributed by atoms with Crippen molar-refractivity contribution in [3.05, 3.63) is 63.8 Å². The fourth-order valence-corrected chi connectivity index (χ4v) is 6.09. The van der Waals surface area contributed by atoms with Gasteiger partial charge in [-0.05, 0) is 47.4 Å². The molecule has 2 atom stereocenters. The number of rotatable bonds is 7. The average molecular weight is 415 g/mol. The first kappa shape index (κ1) is 18.7. The number of thioether (sulfide) groups is 1. The van der Waals surface area contributed by atoms with Crippen LogP contribution in [0.2, 0.25) is 0 Å². The van der Waals surface area contributed by atoms with E-state index < -0.39 is 0 Å². The number of amides is 1. The second-order valence-electron chi connectivity index (χ2n) is 6.65. The maximum absolute atomic E-state index is 12.8. The first-order chi connectivity index (χ1) is 13.3. The smallest absolute Gasteiger partial charge is 0.224 e. The van der Waals surface area contributed by atoms with Gasteiger partial charge in [0.25, 0.3) is 0 Å². The summed E-state index contributed by atoms with van der Waals surface area (Å²) >= 11 is 5.33. The number of nitrogens with one attached hydrogen (secondary N) is 1. The fraction of sp³-hybridized carbons (Fsp3) is 0.333. The van der Waals surface area contributed by atoms with Crippen LogP contribution in [0.25, 0.3) is 10.2 Å². The van der Waals surface area contributed by atoms with Crippen molar-refractivity contribution in [1.29, 1.82) is 0 Å². The van der Waals surface area contributed by atoms with Crippen molar-refractivity contribution >= 4 is 50.6 Å². The van der Waals surface area contributed by atoms with Crippen LogP contribution in [0.1, 0.15) is 29.3 Å². The summed E-state index contributed by atoms with van der Waals surface area (Å²) in [6.45, 7) is 0.723. The predicted molar refractivity (Wildman–Crippen MR) is 118 cm³/mol. The molecule has 0 spiro atoms. The Labute approximate surface area is 171 Å². The molecular formula is C21H22N2OS3. The van der Waals surface area contributed by atoms with Gasteiger partial charge in [0, 0.05) is 24.0 Å². The van der Waals surface area contributed by atoms with Crippen LogP contribution in [-0.4, -0.2) is 23.2 Å². The van der Waals surface area contributed by atoms with Crippen molar-refractivity contribution in [2.45, 2.75) is 24.5 Å². The van der Waals surface area contributed by atoms with Crippen LogP contribution in [0.3, 0.4) is 0 Å². The molecule has 27 heavy (non-hydrogen) atoms. The maximum atomic E-state index is 12.8. The molecule has 2 aromatic heterocycles. The Kier molecular flexibility index (Phi) is 6.27. The van der Waals surface area contributed by atoms with E-state index in [1.807, 2.05) is 30.0 Å². The second-order valence-corrected chi connectivity index (χ2v) is 9.60. The van der Waals surface area contributed by atoms with Gasteiger partial charge in [0.15, 0.2) is 0 Å². The molecule has 0 unspecified atom stereocenters. The molecule has 0 fully saturated rings. The Balaban J connectivity index is 1.34. The highest BCUT2D eigenvalue weighted by atomic mass is 32.2. The molecule has 1 N–H and O–H groups in total. The van der Waals surface area contributed by atoms with Crippen molar-refractivity contribution in [2.75, 3.05) is 12.3 Å². The molecule has 3 nitrogen and oxygen atoms in total. The molecule has 2 heterocycles. The van der Waals surface area contributed by atoms with Crippen LogP contribution in [0.15, 0.2) is 53.2 Å². The van der Waals surface area contributed by atoms with Gasteiger partial charge < -0.3 is 5.32 Å². The number of hydrogen-bond donors (Lipinski definition) is 1. The number of hydrogen-bond acceptors (Lipinski definition) is 5. The number of allylic oxidation sites excluding steroid dienone is 2. The van der Waals surface area contributed by atoms with E-state index in [9.17, 15) is 4.79 Å². The van der Waals surface area contributed by atoms with Crippen LogP contribution in [0.5, 0.6) is 0 Å². The first-order valence-corrected chi connectivity index (χ1v) is 12.1. The van der Waals surface area contributed by atoms with Gasteiger partial charge in [-0.25, -0.2) is 4.98 Å². The Hall–Kier alpha value is -1.63. The summed E-state index contributed by atoms with van der Waals surface area (Å²) in [6, 6.07) is 10.4. The van der Waals surface area contributed by atoms with E-state index in [0.717, 1.165) is 41.4 Å². The number of aromatic nitrogens is 1. The van der Waals surface area contributed by atoms with Crippen molar-refractivity contribution in [3.63, 3.8) is 0 Å². The van der Waals surface area contributed by atoms with Gasteiger partial charge in [-0.15, -0.1) is 11.3 Å². The molecule has 6 heteroatoms. The summed E-state index contributed by atoms with van der Waals surface area (Å²) in [5, 5.41) is 8.53. The highest BCUT2D eigenvalue weighted by molar-refractivity contribution is 7.98. The van der Waals surface area contributed by atoms with E-state index >= 15 is 0 Å². The Morgan fingerprint density at radius 3 is 2.96 bits per heavy atom. The third-order valence-corrected chi connectivity index (χ3v) is 7.72. The number of thiophene rings is 1. The summed E-state index contributed by atoms with van der Waals surface area (Å²) in [6.07, 6.45) is 6.02. The minimum absolute atomic E-state index is 0.0163. The van der Waals surface area contributed by atoms with Gasteiger partial charge in [-0.3, -0.25) is 4.79 Å². The summed E-state index contributed by atoms with van der Waals surface area (Å²) < 4.78 is 1.20. The Bertz CT molecular complexity index is 884. The SMILES string of the molecule is O=C(NCCSCc1ccsc1)[C@H]1CC=CC[C@H]1c1nc2ccccc2s1. The maximum Gasteiger partial charge on any atom is 0.224 e. The fourth-order valence-electron chi connectivity index (χ4n) is 3.37. The zero-order valence-corrected chi connectivity index (χ0v) is 17.4. The minimum atomic E-state index is -0.0163. The molecular weight excluding hydrogens is 392 g/mol. The molecule has 0 saturated carbocycles. The van der Waals surface area contributed by atoms with Gasteiger partial charge in [0.2, 0.25) is 5.91 Å². The standard InChI is InChI=1S/C21H22N2OS3/c24-20(22-10-12-26-14-15-9-11-25-13-15)16-5-1-2-6-17(16)21-23-18-7-3-4-8-19(18)27-21/h1-4,7-9,11,13,16-17H,5-6,10,12,14H2,(H,22,24)/t16-,17+/m0/s1. The van der Waals surface area contributed by atoms with Crippen molar-refractivity contribution in [2.24, 2.45) is 5.92 Å². The quantitative estimate of drug-likeness (QED) is 0.412.